The van der Waals surface area contributed by atoms with Crippen molar-refractivity contribution in [3.63, 3.8) is 0 Å². The van der Waals surface area contributed by atoms with Crippen molar-refractivity contribution in [1.82, 2.24) is 0 Å². The van der Waals surface area contributed by atoms with Crippen LogP contribution in [0.4, 0.5) is 4.39 Å². The number of nitriles is 1. The second-order valence-electron chi connectivity index (χ2n) is 6.12. The first-order valence-electron chi connectivity index (χ1n) is 8.50. The number of rotatable bonds is 1. The third-order valence-corrected chi connectivity index (χ3v) is 4.69. The topological polar surface area (TPSA) is 23.8 Å². The molecule has 2 aromatic carbocycles. The lowest BCUT2D eigenvalue weighted by Gasteiger charge is -2.05. The van der Waals surface area contributed by atoms with Crippen LogP contribution in [0.5, 0.6) is 0 Å². The molecule has 3 rings (SSSR count). The van der Waals surface area contributed by atoms with Gasteiger partial charge in [-0.2, -0.15) is 5.26 Å². The molecule has 0 saturated heterocycles. The Balaban J connectivity index is 1.70. The highest BCUT2D eigenvalue weighted by Gasteiger charge is 2.03. The van der Waals surface area contributed by atoms with Gasteiger partial charge in [0.15, 0.2) is 0 Å². The summed E-state index contributed by atoms with van der Waals surface area (Å²) < 4.78 is 13.8. The summed E-state index contributed by atoms with van der Waals surface area (Å²) in [7, 11) is 0. The minimum absolute atomic E-state index is 0.310. The molecule has 1 aliphatic carbocycles. The number of hydrogen-bond acceptors (Lipinski definition) is 2. The molecule has 0 fully saturated rings. The maximum atomic E-state index is 13.8. The molecule has 2 aromatic rings. The summed E-state index contributed by atoms with van der Waals surface area (Å²) in [6.07, 6.45) is 6.29. The van der Waals surface area contributed by atoms with E-state index in [2.05, 4.69) is 42.8 Å². The standard InChI is InChI=1S/C24H16FNS/c1-18-2-4-19(5-3-18)6-7-20-8-10-21(11-9-20)12-13-22-14-15-24(27-17-26)23(25)16-22/h2,4,8-11,14-16H,3,5H2,1H3. The third-order valence-electron chi connectivity index (χ3n) is 4.05. The van der Waals surface area contributed by atoms with Gasteiger partial charge in [-0.25, -0.2) is 4.39 Å². The highest BCUT2D eigenvalue weighted by atomic mass is 32.2. The zero-order valence-electron chi connectivity index (χ0n) is 14.8. The zero-order chi connectivity index (χ0) is 19.1. The van der Waals surface area contributed by atoms with Gasteiger partial charge in [0.05, 0.1) is 4.90 Å². The SMILES string of the molecule is CC1=CC=C(C#Cc2ccc(C#Cc3ccc(SC#N)c(F)c3)cc2)CC1. The van der Waals surface area contributed by atoms with Crippen LogP contribution in [-0.4, -0.2) is 0 Å². The van der Waals surface area contributed by atoms with Crippen molar-refractivity contribution < 1.29 is 4.39 Å². The molecule has 0 unspecified atom stereocenters. The summed E-state index contributed by atoms with van der Waals surface area (Å²) in [5, 5.41) is 10.5. The largest absolute Gasteiger partial charge is 0.206 e. The molecular weight excluding hydrogens is 353 g/mol. The van der Waals surface area contributed by atoms with Crippen LogP contribution in [0.15, 0.2) is 70.7 Å². The van der Waals surface area contributed by atoms with Crippen molar-refractivity contribution in [2.24, 2.45) is 0 Å². The Morgan fingerprint density at radius 3 is 2.07 bits per heavy atom. The van der Waals surface area contributed by atoms with Crippen molar-refractivity contribution in [3.05, 3.63) is 88.3 Å². The van der Waals surface area contributed by atoms with Gasteiger partial charge in [0.25, 0.3) is 0 Å². The third kappa shape index (κ3) is 5.39. The maximum absolute atomic E-state index is 13.8. The van der Waals surface area contributed by atoms with Gasteiger partial charge >= 0.3 is 0 Å². The molecule has 0 saturated carbocycles. The molecule has 130 valence electrons. The lowest BCUT2D eigenvalue weighted by atomic mass is 10.00. The van der Waals surface area contributed by atoms with E-state index in [1.54, 1.807) is 12.1 Å². The van der Waals surface area contributed by atoms with Gasteiger partial charge in [-0.3, -0.25) is 0 Å². The molecule has 0 N–H and O–H groups in total. The Morgan fingerprint density at radius 1 is 0.852 bits per heavy atom. The second-order valence-corrected chi connectivity index (χ2v) is 6.95. The van der Waals surface area contributed by atoms with Crippen LogP contribution in [-0.2, 0) is 0 Å². The molecule has 0 radical (unpaired) electrons. The summed E-state index contributed by atoms with van der Waals surface area (Å²) >= 11 is 0.804. The normalized spacial score (nSPS) is 12.5. The highest BCUT2D eigenvalue weighted by Crippen LogP contribution is 2.21. The van der Waals surface area contributed by atoms with E-state index in [0.717, 1.165) is 41.3 Å². The average Bonchev–Trinajstić information content (AvgIpc) is 2.69. The maximum Gasteiger partial charge on any atom is 0.139 e. The summed E-state index contributed by atoms with van der Waals surface area (Å²) in [5.74, 6) is 11.9. The molecule has 3 heteroatoms. The molecule has 1 nitrogen and oxygen atoms in total. The Bertz CT molecular complexity index is 1080. The molecule has 0 atom stereocenters. The lowest BCUT2D eigenvalue weighted by molar-refractivity contribution is 0.602. The lowest BCUT2D eigenvalue weighted by Crippen LogP contribution is -1.88. The monoisotopic (exact) mass is 369 g/mol. The highest BCUT2D eigenvalue weighted by molar-refractivity contribution is 8.03. The predicted octanol–water partition coefficient (Wildman–Crippen LogP) is 5.82. The number of thioether (sulfide) groups is 1. The summed E-state index contributed by atoms with van der Waals surface area (Å²) in [6.45, 7) is 2.13. The van der Waals surface area contributed by atoms with Gasteiger partial charge < -0.3 is 0 Å². The van der Waals surface area contributed by atoms with Crippen molar-refractivity contribution >= 4 is 11.8 Å². The fraction of sp³-hybridized carbons (Fsp3) is 0.125. The molecule has 0 heterocycles. The minimum atomic E-state index is -0.430. The van der Waals surface area contributed by atoms with Crippen LogP contribution in [0.1, 0.15) is 36.5 Å². The quantitative estimate of drug-likeness (QED) is 0.359. The molecule has 0 bridgehead atoms. The summed E-state index contributed by atoms with van der Waals surface area (Å²) in [4.78, 5) is 0.310. The fourth-order valence-electron chi connectivity index (χ4n) is 2.49. The van der Waals surface area contributed by atoms with E-state index in [4.69, 9.17) is 5.26 Å². The minimum Gasteiger partial charge on any atom is -0.206 e. The van der Waals surface area contributed by atoms with E-state index in [1.807, 2.05) is 29.7 Å². The molecule has 0 aliphatic heterocycles. The number of halogens is 1. The smallest absolute Gasteiger partial charge is 0.139 e. The van der Waals surface area contributed by atoms with Gasteiger partial charge in [-0.05, 0) is 74.0 Å². The van der Waals surface area contributed by atoms with Gasteiger partial charge in [0.1, 0.15) is 11.2 Å². The van der Waals surface area contributed by atoms with E-state index in [-0.39, 0.29) is 0 Å². The first-order chi connectivity index (χ1) is 13.1. The van der Waals surface area contributed by atoms with E-state index >= 15 is 0 Å². The second kappa shape index (κ2) is 8.95. The van der Waals surface area contributed by atoms with Crippen LogP contribution >= 0.6 is 11.8 Å². The Labute approximate surface area is 163 Å². The van der Waals surface area contributed by atoms with Crippen LogP contribution in [0.25, 0.3) is 0 Å². The number of allylic oxidation sites excluding steroid dienone is 4. The van der Waals surface area contributed by atoms with Crippen molar-refractivity contribution in [3.8, 4) is 29.1 Å². The van der Waals surface area contributed by atoms with Crippen LogP contribution in [0, 0.1) is 40.2 Å². The molecular formula is C24H16FNS. The fourth-order valence-corrected chi connectivity index (χ4v) is 2.88. The van der Waals surface area contributed by atoms with E-state index in [9.17, 15) is 4.39 Å². The first kappa shape index (κ1) is 18.6. The Morgan fingerprint density at radius 2 is 1.48 bits per heavy atom. The van der Waals surface area contributed by atoms with Crippen molar-refractivity contribution in [2.75, 3.05) is 0 Å². The molecule has 0 amide bonds. The first-order valence-corrected chi connectivity index (χ1v) is 9.31. The van der Waals surface area contributed by atoms with Gasteiger partial charge in [-0.1, -0.05) is 41.4 Å². The molecule has 1 aliphatic rings. The molecule has 0 aromatic heterocycles. The van der Waals surface area contributed by atoms with Gasteiger partial charge in [0.2, 0.25) is 0 Å². The van der Waals surface area contributed by atoms with Gasteiger partial charge in [-0.15, -0.1) is 0 Å². The number of benzene rings is 2. The van der Waals surface area contributed by atoms with Crippen molar-refractivity contribution in [1.29, 1.82) is 5.26 Å². The van der Waals surface area contributed by atoms with E-state index < -0.39 is 5.82 Å². The van der Waals surface area contributed by atoms with Crippen LogP contribution in [0.2, 0.25) is 0 Å². The van der Waals surface area contributed by atoms with Crippen LogP contribution in [0.3, 0.4) is 0 Å². The Kier molecular flexibility index (Phi) is 6.17. The number of nitrogens with zero attached hydrogens (tertiary/aromatic N) is 1. The number of hydrogen-bond donors (Lipinski definition) is 0. The average molecular weight is 369 g/mol. The molecule has 0 spiro atoms. The van der Waals surface area contributed by atoms with Crippen LogP contribution < -0.4 is 0 Å². The zero-order valence-corrected chi connectivity index (χ0v) is 15.7. The molecule has 27 heavy (non-hydrogen) atoms. The van der Waals surface area contributed by atoms with E-state index in [1.165, 1.54) is 11.6 Å². The number of thiocyanates is 1. The van der Waals surface area contributed by atoms with E-state index in [0.29, 0.717) is 10.5 Å². The summed E-state index contributed by atoms with van der Waals surface area (Å²) in [5.41, 5.74) is 4.90. The Hall–Kier alpha value is -3.19. The summed E-state index contributed by atoms with van der Waals surface area (Å²) in [6, 6.07) is 12.3. The predicted molar refractivity (Wildman–Crippen MR) is 108 cm³/mol. The van der Waals surface area contributed by atoms with Crippen molar-refractivity contribution in [2.45, 2.75) is 24.7 Å². The van der Waals surface area contributed by atoms with Gasteiger partial charge in [0, 0.05) is 22.3 Å².